The van der Waals surface area contributed by atoms with E-state index in [4.69, 9.17) is 2.74 Å². The summed E-state index contributed by atoms with van der Waals surface area (Å²) in [6.07, 6.45) is -0.660. The van der Waals surface area contributed by atoms with E-state index in [2.05, 4.69) is 8.37 Å². The maximum Gasteiger partial charge on any atom is 0.264 e. The van der Waals surface area contributed by atoms with Gasteiger partial charge in [-0.1, -0.05) is 0 Å². The second-order valence-corrected chi connectivity index (χ2v) is 5.47. The Morgan fingerprint density at radius 1 is 1.00 bits per heavy atom. The van der Waals surface area contributed by atoms with E-state index in [0.717, 1.165) is 12.5 Å². The highest BCUT2D eigenvalue weighted by Crippen LogP contribution is 1.93. The fourth-order valence-corrected chi connectivity index (χ4v) is 0.934. The van der Waals surface area contributed by atoms with Gasteiger partial charge in [-0.15, -0.1) is 0 Å². The van der Waals surface area contributed by atoms with Gasteiger partial charge in [-0.2, -0.15) is 16.8 Å². The molecule has 0 unspecified atom stereocenters. The molecule has 0 aliphatic carbocycles. The van der Waals surface area contributed by atoms with E-state index in [1.54, 1.807) is 0 Å². The standard InChI is InChI=1S/C5H12O6S2/c1-12(6,7)10-4-3-5-11-13(2,8)9/h3-5H2,1-2H3/i3D2. The van der Waals surface area contributed by atoms with E-state index in [1.165, 1.54) is 0 Å². The van der Waals surface area contributed by atoms with Crippen LogP contribution in [0.25, 0.3) is 0 Å². The van der Waals surface area contributed by atoms with Gasteiger partial charge in [0.2, 0.25) is 0 Å². The molecule has 0 saturated carbocycles. The van der Waals surface area contributed by atoms with Crippen molar-refractivity contribution in [2.75, 3.05) is 25.7 Å². The van der Waals surface area contributed by atoms with Crippen LogP contribution in [0.4, 0.5) is 0 Å². The molecule has 80 valence electrons. The summed E-state index contributed by atoms with van der Waals surface area (Å²) >= 11 is 0. The molecule has 0 aromatic carbocycles. The highest BCUT2D eigenvalue weighted by Gasteiger charge is 2.03. The van der Waals surface area contributed by atoms with Crippen LogP contribution in [0.1, 0.15) is 9.11 Å². The van der Waals surface area contributed by atoms with Crippen LogP contribution in [0.15, 0.2) is 0 Å². The van der Waals surface area contributed by atoms with Crippen molar-refractivity contribution in [1.29, 1.82) is 0 Å². The molecule has 0 amide bonds. The minimum Gasteiger partial charge on any atom is -0.270 e. The van der Waals surface area contributed by atoms with Crippen molar-refractivity contribution < 1.29 is 27.9 Å². The van der Waals surface area contributed by atoms with Crippen molar-refractivity contribution >= 4 is 20.2 Å². The van der Waals surface area contributed by atoms with Crippen LogP contribution in [-0.2, 0) is 28.6 Å². The molecule has 0 fully saturated rings. The quantitative estimate of drug-likeness (QED) is 0.566. The minimum absolute atomic E-state index is 0.764. The number of rotatable bonds is 6. The molecule has 0 aromatic rings. The van der Waals surface area contributed by atoms with Crippen LogP contribution in [0.5, 0.6) is 0 Å². The molecule has 0 bridgehead atoms. The third kappa shape index (κ3) is 11.8. The lowest BCUT2D eigenvalue weighted by atomic mass is 10.5. The summed E-state index contributed by atoms with van der Waals surface area (Å²) in [5.74, 6) is 0. The van der Waals surface area contributed by atoms with Crippen molar-refractivity contribution in [3.63, 3.8) is 0 Å². The third-order valence-electron chi connectivity index (χ3n) is 0.750. The highest BCUT2D eigenvalue weighted by atomic mass is 32.2. The molecule has 0 heterocycles. The average Bonchev–Trinajstić information content (AvgIpc) is 1.96. The van der Waals surface area contributed by atoms with Gasteiger partial charge in [0, 0.05) is 2.74 Å². The van der Waals surface area contributed by atoms with Gasteiger partial charge >= 0.3 is 0 Å². The Labute approximate surface area is 80.9 Å². The first-order valence-electron chi connectivity index (χ1n) is 4.10. The fourth-order valence-electron chi connectivity index (χ4n) is 0.339. The summed E-state index contributed by atoms with van der Waals surface area (Å²) in [6, 6.07) is 0. The topological polar surface area (TPSA) is 86.7 Å². The van der Waals surface area contributed by atoms with E-state index >= 15 is 0 Å². The minimum atomic E-state index is -3.76. The molecule has 0 aromatic heterocycles. The Bertz CT molecular complexity index is 359. The van der Waals surface area contributed by atoms with Gasteiger partial charge in [0.15, 0.2) is 0 Å². The largest absolute Gasteiger partial charge is 0.270 e. The van der Waals surface area contributed by atoms with Crippen LogP contribution in [0, 0.1) is 0 Å². The maximum atomic E-state index is 10.5. The molecule has 0 aliphatic rings. The molecule has 8 heteroatoms. The fraction of sp³-hybridized carbons (Fsp3) is 1.00. The van der Waals surface area contributed by atoms with E-state index in [1.807, 2.05) is 0 Å². The van der Waals surface area contributed by atoms with Crippen LogP contribution in [-0.4, -0.2) is 42.6 Å². The third-order valence-corrected chi connectivity index (χ3v) is 1.84. The first-order chi connectivity index (χ1) is 6.41. The van der Waals surface area contributed by atoms with E-state index < -0.39 is 39.8 Å². The van der Waals surface area contributed by atoms with Crippen LogP contribution >= 0.6 is 0 Å². The van der Waals surface area contributed by atoms with Crippen molar-refractivity contribution in [3.8, 4) is 0 Å². The van der Waals surface area contributed by atoms with Gasteiger partial charge in [0.1, 0.15) is 0 Å². The molecule has 0 atom stereocenters. The summed E-state index contributed by atoms with van der Waals surface area (Å²) < 4.78 is 64.8. The first-order valence-corrected chi connectivity index (χ1v) is 6.73. The SMILES string of the molecule is [2H]C([2H])(COS(C)(=O)=O)COS(C)(=O)=O. The summed E-state index contributed by atoms with van der Waals surface area (Å²) in [5, 5.41) is 0. The Morgan fingerprint density at radius 2 is 1.31 bits per heavy atom. The van der Waals surface area contributed by atoms with Gasteiger partial charge in [-0.3, -0.25) is 8.37 Å². The molecular formula is C5H12O6S2. The van der Waals surface area contributed by atoms with Gasteiger partial charge in [0.25, 0.3) is 20.2 Å². The van der Waals surface area contributed by atoms with Gasteiger partial charge < -0.3 is 0 Å². The van der Waals surface area contributed by atoms with Crippen molar-refractivity contribution in [2.24, 2.45) is 0 Å². The predicted octanol–water partition coefficient (Wildman–Crippen LogP) is -0.671. The second kappa shape index (κ2) is 4.89. The molecule has 0 aliphatic heterocycles. The smallest absolute Gasteiger partial charge is 0.264 e. The van der Waals surface area contributed by atoms with Gasteiger partial charge in [-0.25, -0.2) is 0 Å². The summed E-state index contributed by atoms with van der Waals surface area (Å²) in [7, 11) is -7.51. The van der Waals surface area contributed by atoms with Crippen molar-refractivity contribution in [2.45, 2.75) is 6.37 Å². The molecule has 0 rings (SSSR count). The Balaban J connectivity index is 4.21. The molecule has 6 nitrogen and oxygen atoms in total. The van der Waals surface area contributed by atoms with Crippen molar-refractivity contribution in [3.05, 3.63) is 0 Å². The lowest BCUT2D eigenvalue weighted by Crippen LogP contribution is -2.09. The molecule has 0 spiro atoms. The normalized spacial score (nSPS) is 16.5. The monoisotopic (exact) mass is 234 g/mol. The zero-order chi connectivity index (χ0) is 12.3. The Morgan fingerprint density at radius 3 is 1.54 bits per heavy atom. The van der Waals surface area contributed by atoms with Gasteiger partial charge in [0.05, 0.1) is 25.7 Å². The van der Waals surface area contributed by atoms with Crippen LogP contribution in [0.3, 0.4) is 0 Å². The predicted molar refractivity (Wildman–Crippen MR) is 46.2 cm³/mol. The van der Waals surface area contributed by atoms with E-state index in [-0.39, 0.29) is 0 Å². The summed E-state index contributed by atoms with van der Waals surface area (Å²) in [6.45, 7) is -1.58. The maximum absolute atomic E-state index is 10.5. The van der Waals surface area contributed by atoms with Crippen molar-refractivity contribution in [1.82, 2.24) is 0 Å². The molecule has 0 N–H and O–H groups in total. The number of hydrogen-bond acceptors (Lipinski definition) is 6. The highest BCUT2D eigenvalue weighted by molar-refractivity contribution is 7.86. The summed E-state index contributed by atoms with van der Waals surface area (Å²) in [4.78, 5) is 0. The zero-order valence-electron chi connectivity index (χ0n) is 9.18. The lowest BCUT2D eigenvalue weighted by molar-refractivity contribution is 0.257. The zero-order valence-corrected chi connectivity index (χ0v) is 8.81. The molecule has 0 radical (unpaired) electrons. The second-order valence-electron chi connectivity index (χ2n) is 2.18. The van der Waals surface area contributed by atoms with Crippen LogP contribution in [0.2, 0.25) is 0 Å². The first kappa shape index (κ1) is 9.38. The molecule has 13 heavy (non-hydrogen) atoms. The average molecular weight is 234 g/mol. The Hall–Kier alpha value is -0.180. The molecule has 0 saturated heterocycles. The molecular weight excluding hydrogens is 220 g/mol. The Kier molecular flexibility index (Phi) is 3.53. The summed E-state index contributed by atoms with van der Waals surface area (Å²) in [5.41, 5.74) is 0. The van der Waals surface area contributed by atoms with Gasteiger partial charge in [-0.05, 0) is 6.37 Å². The number of hydrogen-bond donors (Lipinski definition) is 0. The lowest BCUT2D eigenvalue weighted by Gasteiger charge is -2.01. The van der Waals surface area contributed by atoms with E-state index in [9.17, 15) is 16.8 Å². The van der Waals surface area contributed by atoms with Crippen LogP contribution < -0.4 is 0 Å². The van der Waals surface area contributed by atoms with E-state index in [0.29, 0.717) is 0 Å².